The van der Waals surface area contributed by atoms with Crippen LogP contribution in [0.25, 0.3) is 11.8 Å². The van der Waals surface area contributed by atoms with Gasteiger partial charge in [0.1, 0.15) is 5.84 Å². The Bertz CT molecular complexity index is 1360. The van der Waals surface area contributed by atoms with Crippen molar-refractivity contribution in [1.29, 1.82) is 5.41 Å². The number of amides is 1. The lowest BCUT2D eigenvalue weighted by Crippen LogP contribution is -2.46. The van der Waals surface area contributed by atoms with E-state index in [9.17, 15) is 13.2 Å². The number of hydrogen-bond acceptors (Lipinski definition) is 6. The van der Waals surface area contributed by atoms with Gasteiger partial charge in [0.05, 0.1) is 22.8 Å². The van der Waals surface area contributed by atoms with Gasteiger partial charge in [-0.3, -0.25) is 10.2 Å². The van der Waals surface area contributed by atoms with Gasteiger partial charge in [0, 0.05) is 17.1 Å². The molecule has 0 fully saturated rings. The number of benzene rings is 1. The Morgan fingerprint density at radius 2 is 1.88 bits per heavy atom. The quantitative estimate of drug-likeness (QED) is 0.543. The van der Waals surface area contributed by atoms with Crippen molar-refractivity contribution in [3.05, 3.63) is 58.4 Å². The van der Waals surface area contributed by atoms with Crippen molar-refractivity contribution in [2.75, 3.05) is 0 Å². The third kappa shape index (κ3) is 3.53. The van der Waals surface area contributed by atoms with Gasteiger partial charge >= 0.3 is 0 Å². The molecular weight excluding hydrogens is 446 g/mol. The van der Waals surface area contributed by atoms with Crippen molar-refractivity contribution in [2.45, 2.75) is 39.9 Å². The van der Waals surface area contributed by atoms with Gasteiger partial charge in [-0.25, -0.2) is 13.3 Å². The summed E-state index contributed by atoms with van der Waals surface area (Å²) in [5.41, 5.74) is 4.78. The predicted octanol–water partition coefficient (Wildman–Crippen LogP) is 3.80. The highest BCUT2D eigenvalue weighted by molar-refractivity contribution is 8.16. The number of hydrogen-bond donors (Lipinski definition) is 1. The van der Waals surface area contributed by atoms with Crippen LogP contribution in [0.1, 0.15) is 36.4 Å². The van der Waals surface area contributed by atoms with Crippen LogP contribution in [0.15, 0.2) is 45.3 Å². The number of carbonyl (C=O) groups is 1. The Hall–Kier alpha value is -2.98. The van der Waals surface area contributed by atoms with Crippen molar-refractivity contribution in [3.8, 4) is 5.69 Å². The zero-order valence-electron chi connectivity index (χ0n) is 18.4. The normalized spacial score (nSPS) is 17.8. The summed E-state index contributed by atoms with van der Waals surface area (Å²) in [7, 11) is -3.75. The van der Waals surface area contributed by atoms with E-state index in [4.69, 9.17) is 5.41 Å². The van der Waals surface area contributed by atoms with Crippen molar-refractivity contribution < 1.29 is 13.2 Å². The highest BCUT2D eigenvalue weighted by Crippen LogP contribution is 2.32. The van der Waals surface area contributed by atoms with Crippen molar-refractivity contribution >= 4 is 49.9 Å². The molecule has 2 aliphatic heterocycles. The molecule has 4 rings (SSSR count). The van der Waals surface area contributed by atoms with Gasteiger partial charge in [0.25, 0.3) is 5.91 Å². The average molecular weight is 470 g/mol. The number of sulfone groups is 1. The van der Waals surface area contributed by atoms with Crippen LogP contribution >= 0.6 is 11.9 Å². The summed E-state index contributed by atoms with van der Waals surface area (Å²) in [5, 5.41) is 7.73. The Morgan fingerprint density at radius 1 is 1.16 bits per heavy atom. The molecule has 0 radical (unpaired) electrons. The lowest BCUT2D eigenvalue weighted by Gasteiger charge is -2.25. The van der Waals surface area contributed by atoms with Crippen LogP contribution in [0, 0.1) is 26.2 Å². The maximum Gasteiger partial charge on any atom is 0.283 e. The smallest absolute Gasteiger partial charge is 0.283 e. The lowest BCUT2D eigenvalue weighted by atomic mass is 10.1. The Labute approximate surface area is 191 Å². The molecule has 0 aliphatic carbocycles. The minimum absolute atomic E-state index is 0.0207. The number of nitrogens with zero attached hydrogens (tertiary/aromatic N) is 4. The maximum atomic E-state index is 12.7. The van der Waals surface area contributed by atoms with E-state index >= 15 is 0 Å². The third-order valence-corrected chi connectivity index (χ3v) is 8.24. The Morgan fingerprint density at radius 3 is 2.53 bits per heavy atom. The van der Waals surface area contributed by atoms with Crippen molar-refractivity contribution in [2.24, 2.45) is 9.39 Å². The zero-order valence-corrected chi connectivity index (χ0v) is 20.0. The number of nitrogens with one attached hydrogen (secondary N) is 1. The van der Waals surface area contributed by atoms with Crippen LogP contribution in [0.3, 0.4) is 0 Å². The molecule has 2 aliphatic rings. The second-order valence-corrected chi connectivity index (χ2v) is 11.1. The second-order valence-electron chi connectivity index (χ2n) is 8.00. The first-order valence-corrected chi connectivity index (χ1v) is 12.3. The average Bonchev–Trinajstić information content (AvgIpc) is 3.26. The summed E-state index contributed by atoms with van der Waals surface area (Å²) in [4.78, 5) is 17.9. The first-order chi connectivity index (χ1) is 15.0. The fourth-order valence-corrected chi connectivity index (χ4v) is 5.71. The van der Waals surface area contributed by atoms with E-state index in [1.807, 2.05) is 45.0 Å². The fraction of sp³-hybridized carbons (Fsp3) is 0.273. The lowest BCUT2D eigenvalue weighted by molar-refractivity contribution is -0.114. The molecule has 0 spiro atoms. The summed E-state index contributed by atoms with van der Waals surface area (Å²) >= 11 is 0.795. The molecule has 166 valence electrons. The molecule has 0 unspecified atom stereocenters. The summed E-state index contributed by atoms with van der Waals surface area (Å²) in [5.74, 6) is -0.833. The molecule has 10 heteroatoms. The second kappa shape index (κ2) is 7.86. The summed E-state index contributed by atoms with van der Waals surface area (Å²) in [6, 6.07) is 10.0. The number of aromatic nitrogens is 1. The maximum absolute atomic E-state index is 12.7. The third-order valence-electron chi connectivity index (χ3n) is 5.40. The molecule has 1 amide bonds. The largest absolute Gasteiger partial charge is 0.318 e. The molecule has 8 nitrogen and oxygen atoms in total. The molecular formula is C22H23N5O3S2. The number of carbonyl (C=O) groups excluding carboxylic acids is 1. The van der Waals surface area contributed by atoms with Crippen LogP contribution in [0.2, 0.25) is 0 Å². The first-order valence-electron chi connectivity index (χ1n) is 10.0. The van der Waals surface area contributed by atoms with E-state index in [0.29, 0.717) is 0 Å². The van der Waals surface area contributed by atoms with Crippen LogP contribution < -0.4 is 0 Å². The van der Waals surface area contributed by atoms with E-state index in [1.54, 1.807) is 19.9 Å². The van der Waals surface area contributed by atoms with E-state index < -0.39 is 21.0 Å². The van der Waals surface area contributed by atoms with Gasteiger partial charge in [-0.15, -0.1) is 0 Å². The van der Waals surface area contributed by atoms with E-state index in [1.165, 1.54) is 0 Å². The fourth-order valence-electron chi connectivity index (χ4n) is 3.65. The molecule has 1 aromatic heterocycles. The van der Waals surface area contributed by atoms with Gasteiger partial charge in [-0.05, 0) is 70.0 Å². The summed E-state index contributed by atoms with van der Waals surface area (Å²) in [6.07, 6.45) is 1.60. The highest BCUT2D eigenvalue weighted by atomic mass is 32.2. The van der Waals surface area contributed by atoms with E-state index in [0.717, 1.165) is 45.0 Å². The Kier molecular flexibility index (Phi) is 5.46. The van der Waals surface area contributed by atoms with Gasteiger partial charge in [-0.2, -0.15) is 9.39 Å². The standard InChI is InChI=1S/C22H23N5O3S2/c1-12(2)32(29,30)22-25-31-21-24-20(28)18(19(23)27(21)22)11-16-10-14(4)26(15(16)5)17-8-6-7-13(3)9-17/h6-12,23H,1-5H3/b18-11-,23-19?. The minimum Gasteiger partial charge on any atom is -0.318 e. The van der Waals surface area contributed by atoms with Crippen LogP contribution in [-0.2, 0) is 14.6 Å². The van der Waals surface area contributed by atoms with E-state index in [-0.39, 0.29) is 21.7 Å². The number of rotatable bonds is 3. The van der Waals surface area contributed by atoms with E-state index in [2.05, 4.69) is 20.0 Å². The molecule has 2 aromatic rings. The minimum atomic E-state index is -3.75. The molecule has 1 N–H and O–H groups in total. The SMILES string of the molecule is Cc1cccc(-n2c(C)cc(/C=C3/C(=N)N4C(=NC3=O)SN=C4S(=O)(=O)C(C)C)c2C)c1. The predicted molar refractivity (Wildman–Crippen MR) is 129 cm³/mol. The van der Waals surface area contributed by atoms with Crippen LogP contribution in [0.5, 0.6) is 0 Å². The molecule has 3 heterocycles. The van der Waals surface area contributed by atoms with Crippen LogP contribution in [0.4, 0.5) is 0 Å². The van der Waals surface area contributed by atoms with Crippen molar-refractivity contribution in [1.82, 2.24) is 9.47 Å². The molecule has 0 bridgehead atoms. The van der Waals surface area contributed by atoms with Gasteiger partial charge in [-0.1, -0.05) is 12.1 Å². The summed E-state index contributed by atoms with van der Waals surface area (Å²) < 4.78 is 31.5. The van der Waals surface area contributed by atoms with Gasteiger partial charge in [0.2, 0.25) is 20.2 Å². The molecule has 32 heavy (non-hydrogen) atoms. The molecule has 1 aromatic carbocycles. The number of aliphatic imine (C=N–C) groups is 1. The Balaban J connectivity index is 1.78. The molecule has 0 saturated heterocycles. The van der Waals surface area contributed by atoms with Gasteiger partial charge < -0.3 is 4.57 Å². The summed E-state index contributed by atoms with van der Waals surface area (Å²) in [6.45, 7) is 9.03. The van der Waals surface area contributed by atoms with Crippen molar-refractivity contribution in [3.63, 3.8) is 0 Å². The number of fused-ring (bicyclic) bond motifs is 1. The van der Waals surface area contributed by atoms with Crippen LogP contribution in [-0.4, -0.2) is 45.2 Å². The molecule has 0 saturated carbocycles. The number of amidine groups is 3. The zero-order chi connectivity index (χ0) is 23.4. The highest BCUT2D eigenvalue weighted by Gasteiger charge is 2.43. The topological polar surface area (TPSA) is 108 Å². The van der Waals surface area contributed by atoms with Gasteiger partial charge in [0.15, 0.2) is 0 Å². The monoisotopic (exact) mass is 469 g/mol. The number of aryl methyl sites for hydroxylation is 2. The molecule has 0 atom stereocenters. The first kappa shape index (κ1) is 22.2.